The fourth-order valence-electron chi connectivity index (χ4n) is 1.72. The summed E-state index contributed by atoms with van der Waals surface area (Å²) in [7, 11) is 2.03. The predicted molar refractivity (Wildman–Crippen MR) is 79.6 cm³/mol. The third-order valence-corrected chi connectivity index (χ3v) is 3.64. The molecule has 0 saturated heterocycles. The first-order valence-electron chi connectivity index (χ1n) is 5.75. The number of benzene rings is 1. The fourth-order valence-corrected chi connectivity index (χ4v) is 1.94. The molecule has 2 rings (SSSR count). The first-order chi connectivity index (χ1) is 8.56. The van der Waals surface area contributed by atoms with E-state index in [-0.39, 0.29) is 0 Å². The van der Waals surface area contributed by atoms with Crippen LogP contribution >= 0.6 is 15.9 Å². The number of aromatic nitrogens is 1. The lowest BCUT2D eigenvalue weighted by atomic mass is 10.2. The van der Waals surface area contributed by atoms with Crippen LogP contribution in [0.15, 0.2) is 40.9 Å². The van der Waals surface area contributed by atoms with Crippen LogP contribution in [-0.2, 0) is 6.54 Å². The van der Waals surface area contributed by atoms with E-state index in [0.717, 1.165) is 28.2 Å². The van der Waals surface area contributed by atoms with Crippen molar-refractivity contribution in [3.63, 3.8) is 0 Å². The van der Waals surface area contributed by atoms with Crippen molar-refractivity contribution < 1.29 is 0 Å². The molecule has 0 radical (unpaired) electrons. The van der Waals surface area contributed by atoms with Gasteiger partial charge in [0.05, 0.1) is 5.69 Å². The van der Waals surface area contributed by atoms with Crippen molar-refractivity contribution in [2.45, 2.75) is 13.5 Å². The van der Waals surface area contributed by atoms with E-state index in [0.29, 0.717) is 0 Å². The highest BCUT2D eigenvalue weighted by atomic mass is 79.9. The highest BCUT2D eigenvalue weighted by Gasteiger charge is 2.05. The van der Waals surface area contributed by atoms with Gasteiger partial charge in [-0.15, -0.1) is 0 Å². The normalized spacial score (nSPS) is 10.4. The molecule has 94 valence electrons. The first-order valence-corrected chi connectivity index (χ1v) is 6.54. The zero-order valence-electron chi connectivity index (χ0n) is 10.5. The van der Waals surface area contributed by atoms with Gasteiger partial charge in [0.1, 0.15) is 5.82 Å². The van der Waals surface area contributed by atoms with Gasteiger partial charge in [-0.25, -0.2) is 4.98 Å². The van der Waals surface area contributed by atoms with Crippen LogP contribution in [0.25, 0.3) is 0 Å². The highest BCUT2D eigenvalue weighted by Crippen LogP contribution is 2.19. The Bertz CT molecular complexity index is 537. The molecule has 0 unspecified atom stereocenters. The quantitative estimate of drug-likeness (QED) is 0.884. The molecule has 0 atom stereocenters. The number of nitrogen functional groups attached to an aromatic ring is 1. The SMILES string of the molecule is Cc1nc(N(C)Cc2ccc(N)cc2)ccc1Br. The van der Waals surface area contributed by atoms with E-state index >= 15 is 0 Å². The maximum absolute atomic E-state index is 5.67. The maximum atomic E-state index is 5.67. The van der Waals surface area contributed by atoms with Crippen molar-refractivity contribution in [1.29, 1.82) is 0 Å². The molecule has 0 aliphatic heterocycles. The van der Waals surface area contributed by atoms with Crippen LogP contribution in [-0.4, -0.2) is 12.0 Å². The van der Waals surface area contributed by atoms with Crippen LogP contribution in [0.4, 0.5) is 11.5 Å². The Morgan fingerprint density at radius 3 is 2.44 bits per heavy atom. The van der Waals surface area contributed by atoms with Crippen molar-refractivity contribution in [2.24, 2.45) is 0 Å². The van der Waals surface area contributed by atoms with E-state index in [1.165, 1.54) is 5.56 Å². The second kappa shape index (κ2) is 5.40. The van der Waals surface area contributed by atoms with E-state index in [4.69, 9.17) is 5.73 Å². The highest BCUT2D eigenvalue weighted by molar-refractivity contribution is 9.10. The lowest BCUT2D eigenvalue weighted by molar-refractivity contribution is 0.891. The third kappa shape index (κ3) is 3.01. The van der Waals surface area contributed by atoms with Crippen molar-refractivity contribution >= 4 is 27.4 Å². The van der Waals surface area contributed by atoms with Crippen molar-refractivity contribution in [2.75, 3.05) is 17.7 Å². The number of nitrogens with zero attached hydrogens (tertiary/aromatic N) is 2. The summed E-state index contributed by atoms with van der Waals surface area (Å²) in [5.74, 6) is 0.965. The van der Waals surface area contributed by atoms with Crippen molar-refractivity contribution in [3.05, 3.63) is 52.1 Å². The number of halogens is 1. The van der Waals surface area contributed by atoms with Gasteiger partial charge < -0.3 is 10.6 Å². The van der Waals surface area contributed by atoms with Gasteiger partial charge >= 0.3 is 0 Å². The minimum atomic E-state index is 0.791. The van der Waals surface area contributed by atoms with E-state index in [2.05, 4.69) is 25.8 Å². The molecule has 4 heteroatoms. The summed E-state index contributed by atoms with van der Waals surface area (Å²) in [6, 6.07) is 12.0. The Hall–Kier alpha value is -1.55. The summed E-state index contributed by atoms with van der Waals surface area (Å²) in [5, 5.41) is 0. The molecule has 2 aromatic rings. The average molecular weight is 306 g/mol. The van der Waals surface area contributed by atoms with Crippen LogP contribution in [0.3, 0.4) is 0 Å². The maximum Gasteiger partial charge on any atom is 0.128 e. The van der Waals surface area contributed by atoms with Gasteiger partial charge in [-0.2, -0.15) is 0 Å². The van der Waals surface area contributed by atoms with Gasteiger partial charge in [0, 0.05) is 23.8 Å². The Kier molecular flexibility index (Phi) is 3.87. The zero-order valence-corrected chi connectivity index (χ0v) is 12.1. The number of anilines is 2. The molecule has 0 aliphatic rings. The van der Waals surface area contributed by atoms with Crippen LogP contribution in [0, 0.1) is 6.92 Å². The second-order valence-electron chi connectivity index (χ2n) is 4.33. The van der Waals surface area contributed by atoms with Gasteiger partial charge in [0.2, 0.25) is 0 Å². The standard InChI is InChI=1S/C14H16BrN3/c1-10-13(15)7-8-14(17-10)18(2)9-11-3-5-12(16)6-4-11/h3-8H,9,16H2,1-2H3. The minimum absolute atomic E-state index is 0.791. The van der Waals surface area contributed by atoms with Crippen molar-refractivity contribution in [3.8, 4) is 0 Å². The summed E-state index contributed by atoms with van der Waals surface area (Å²) in [6.07, 6.45) is 0. The molecular weight excluding hydrogens is 290 g/mol. The molecule has 0 bridgehead atoms. The monoisotopic (exact) mass is 305 g/mol. The molecule has 1 heterocycles. The fraction of sp³-hybridized carbons (Fsp3) is 0.214. The largest absolute Gasteiger partial charge is 0.399 e. The molecule has 0 aliphatic carbocycles. The summed E-state index contributed by atoms with van der Waals surface area (Å²) < 4.78 is 1.03. The molecular formula is C14H16BrN3. The van der Waals surface area contributed by atoms with Crippen LogP contribution in [0.2, 0.25) is 0 Å². The summed E-state index contributed by atoms with van der Waals surface area (Å²) >= 11 is 3.46. The Morgan fingerprint density at radius 1 is 1.17 bits per heavy atom. The number of aryl methyl sites for hydroxylation is 1. The van der Waals surface area contributed by atoms with Gasteiger partial charge in [0.15, 0.2) is 0 Å². The molecule has 0 fully saturated rings. The van der Waals surface area contributed by atoms with Gasteiger partial charge in [-0.05, 0) is 52.7 Å². The number of nitrogens with two attached hydrogens (primary N) is 1. The van der Waals surface area contributed by atoms with E-state index in [1.807, 2.05) is 50.4 Å². The van der Waals surface area contributed by atoms with E-state index in [9.17, 15) is 0 Å². The van der Waals surface area contributed by atoms with Crippen LogP contribution in [0.1, 0.15) is 11.3 Å². The van der Waals surface area contributed by atoms with E-state index < -0.39 is 0 Å². The predicted octanol–water partition coefficient (Wildman–Crippen LogP) is 3.37. The number of hydrogen-bond donors (Lipinski definition) is 1. The van der Waals surface area contributed by atoms with Crippen LogP contribution < -0.4 is 10.6 Å². The average Bonchev–Trinajstić information content (AvgIpc) is 2.35. The lowest BCUT2D eigenvalue weighted by Crippen LogP contribution is -2.17. The Morgan fingerprint density at radius 2 is 1.83 bits per heavy atom. The Labute approximate surface area is 116 Å². The molecule has 18 heavy (non-hydrogen) atoms. The molecule has 0 saturated carbocycles. The van der Waals surface area contributed by atoms with E-state index in [1.54, 1.807) is 0 Å². The Balaban J connectivity index is 2.13. The number of pyridine rings is 1. The molecule has 3 nitrogen and oxygen atoms in total. The van der Waals surface area contributed by atoms with Crippen LogP contribution in [0.5, 0.6) is 0 Å². The first kappa shape index (κ1) is 12.9. The molecule has 1 aromatic carbocycles. The second-order valence-corrected chi connectivity index (χ2v) is 5.19. The molecule has 1 aromatic heterocycles. The smallest absolute Gasteiger partial charge is 0.128 e. The molecule has 2 N–H and O–H groups in total. The number of hydrogen-bond acceptors (Lipinski definition) is 3. The van der Waals surface area contributed by atoms with Gasteiger partial charge in [-0.3, -0.25) is 0 Å². The molecule has 0 amide bonds. The van der Waals surface area contributed by atoms with Crippen molar-refractivity contribution in [1.82, 2.24) is 4.98 Å². The lowest BCUT2D eigenvalue weighted by Gasteiger charge is -2.19. The van der Waals surface area contributed by atoms with Gasteiger partial charge in [0.25, 0.3) is 0 Å². The minimum Gasteiger partial charge on any atom is -0.399 e. The summed E-state index contributed by atoms with van der Waals surface area (Å²) in [4.78, 5) is 6.66. The summed E-state index contributed by atoms with van der Waals surface area (Å²) in [5.41, 5.74) is 8.68. The molecule has 0 spiro atoms. The van der Waals surface area contributed by atoms with Gasteiger partial charge in [-0.1, -0.05) is 12.1 Å². The zero-order chi connectivity index (χ0) is 13.1. The topological polar surface area (TPSA) is 42.2 Å². The third-order valence-electron chi connectivity index (χ3n) is 2.80. The number of rotatable bonds is 3. The summed E-state index contributed by atoms with van der Waals surface area (Å²) in [6.45, 7) is 2.80.